The van der Waals surface area contributed by atoms with E-state index < -0.39 is 0 Å². The summed E-state index contributed by atoms with van der Waals surface area (Å²) in [6.45, 7) is 6.49. The number of hydrogen-bond donors (Lipinski definition) is 1. The molecule has 0 aliphatic carbocycles. The Morgan fingerprint density at radius 1 is 1.14 bits per heavy atom. The van der Waals surface area contributed by atoms with Gasteiger partial charge in [-0.05, 0) is 36.8 Å². The lowest BCUT2D eigenvalue weighted by atomic mass is 10.1. The summed E-state index contributed by atoms with van der Waals surface area (Å²) in [5, 5.41) is 3.36. The molecule has 2 aromatic carbocycles. The first-order valence-electron chi connectivity index (χ1n) is 7.66. The zero-order valence-electron chi connectivity index (χ0n) is 12.8. The van der Waals surface area contributed by atoms with E-state index in [1.807, 2.05) is 18.2 Å². The largest absolute Gasteiger partial charge is 0.489 e. The van der Waals surface area contributed by atoms with Crippen molar-refractivity contribution in [2.45, 2.75) is 13.5 Å². The van der Waals surface area contributed by atoms with Crippen molar-refractivity contribution in [1.82, 2.24) is 5.32 Å². The molecule has 0 bridgehead atoms. The Balaban J connectivity index is 1.73. The highest BCUT2D eigenvalue weighted by atomic mass is 19.1. The zero-order chi connectivity index (χ0) is 15.4. The van der Waals surface area contributed by atoms with Crippen LogP contribution in [0.5, 0.6) is 5.75 Å². The molecule has 3 nitrogen and oxygen atoms in total. The lowest BCUT2D eigenvalue weighted by Crippen LogP contribution is -2.43. The Bertz CT molecular complexity index is 639. The van der Waals surface area contributed by atoms with Crippen molar-refractivity contribution in [1.29, 1.82) is 0 Å². The number of nitrogens with zero attached hydrogens (tertiary/aromatic N) is 1. The van der Waals surface area contributed by atoms with Crippen LogP contribution in [-0.4, -0.2) is 26.2 Å². The molecule has 1 heterocycles. The summed E-state index contributed by atoms with van der Waals surface area (Å²) in [5.74, 6) is 0.632. The Kier molecular flexibility index (Phi) is 4.59. The summed E-state index contributed by atoms with van der Waals surface area (Å²) in [7, 11) is 0. The maximum atomic E-state index is 13.2. The lowest BCUT2D eigenvalue weighted by Gasteiger charge is -2.31. The van der Waals surface area contributed by atoms with Gasteiger partial charge in [0.1, 0.15) is 18.2 Å². The van der Waals surface area contributed by atoms with Crippen LogP contribution >= 0.6 is 0 Å². The monoisotopic (exact) mass is 300 g/mol. The normalized spacial score (nSPS) is 14.9. The molecule has 4 heteroatoms. The van der Waals surface area contributed by atoms with E-state index in [9.17, 15) is 4.39 Å². The zero-order valence-corrected chi connectivity index (χ0v) is 12.8. The first kappa shape index (κ1) is 14.9. The van der Waals surface area contributed by atoms with Crippen molar-refractivity contribution in [3.8, 4) is 5.75 Å². The average molecular weight is 300 g/mol. The van der Waals surface area contributed by atoms with Gasteiger partial charge in [0.05, 0.1) is 0 Å². The van der Waals surface area contributed by atoms with Gasteiger partial charge in [0.2, 0.25) is 0 Å². The molecule has 1 N–H and O–H groups in total. The van der Waals surface area contributed by atoms with Gasteiger partial charge in [0.25, 0.3) is 0 Å². The van der Waals surface area contributed by atoms with Crippen LogP contribution in [0.25, 0.3) is 0 Å². The molecule has 22 heavy (non-hydrogen) atoms. The molecule has 0 radical (unpaired) electrons. The molecular weight excluding hydrogens is 279 g/mol. The number of rotatable bonds is 4. The van der Waals surface area contributed by atoms with Gasteiger partial charge in [-0.2, -0.15) is 0 Å². The maximum Gasteiger partial charge on any atom is 0.124 e. The molecule has 0 unspecified atom stereocenters. The highest BCUT2D eigenvalue weighted by molar-refractivity contribution is 5.59. The van der Waals surface area contributed by atoms with Gasteiger partial charge in [-0.1, -0.05) is 18.2 Å². The van der Waals surface area contributed by atoms with E-state index in [4.69, 9.17) is 4.74 Å². The number of halogens is 1. The third-order valence-corrected chi connectivity index (χ3v) is 4.00. The van der Waals surface area contributed by atoms with Crippen LogP contribution in [0.2, 0.25) is 0 Å². The summed E-state index contributed by atoms with van der Waals surface area (Å²) in [4.78, 5) is 2.38. The number of piperazine rings is 1. The van der Waals surface area contributed by atoms with Crippen LogP contribution in [0.4, 0.5) is 10.1 Å². The van der Waals surface area contributed by atoms with Gasteiger partial charge in [-0.3, -0.25) is 0 Å². The molecule has 0 aromatic heterocycles. The summed E-state index contributed by atoms with van der Waals surface area (Å²) in [6.07, 6.45) is 0. The molecule has 1 aliphatic rings. The number of hydrogen-bond acceptors (Lipinski definition) is 3. The van der Waals surface area contributed by atoms with Crippen molar-refractivity contribution in [3.63, 3.8) is 0 Å². The molecule has 0 atom stereocenters. The molecular formula is C18H21FN2O. The van der Waals surface area contributed by atoms with Gasteiger partial charge in [0, 0.05) is 37.4 Å². The van der Waals surface area contributed by atoms with Crippen LogP contribution in [0.1, 0.15) is 11.1 Å². The van der Waals surface area contributed by atoms with Crippen molar-refractivity contribution in [2.24, 2.45) is 0 Å². The average Bonchev–Trinajstić information content (AvgIpc) is 2.55. The molecule has 0 spiro atoms. The van der Waals surface area contributed by atoms with Crippen molar-refractivity contribution >= 4 is 5.69 Å². The third kappa shape index (κ3) is 3.39. The van der Waals surface area contributed by atoms with Crippen LogP contribution in [0.15, 0.2) is 42.5 Å². The van der Waals surface area contributed by atoms with Gasteiger partial charge in [0.15, 0.2) is 0 Å². The Hall–Kier alpha value is -2.07. The topological polar surface area (TPSA) is 24.5 Å². The predicted octanol–water partition coefficient (Wildman–Crippen LogP) is 3.12. The van der Waals surface area contributed by atoms with Gasteiger partial charge in [-0.25, -0.2) is 4.39 Å². The lowest BCUT2D eigenvalue weighted by molar-refractivity contribution is 0.303. The van der Waals surface area contributed by atoms with Crippen LogP contribution in [0.3, 0.4) is 0 Å². The molecule has 0 saturated carbocycles. The van der Waals surface area contributed by atoms with Gasteiger partial charge >= 0.3 is 0 Å². The maximum absolute atomic E-state index is 13.2. The highest BCUT2D eigenvalue weighted by Gasteiger charge is 2.14. The number of nitrogens with one attached hydrogen (secondary N) is 1. The van der Waals surface area contributed by atoms with Crippen molar-refractivity contribution in [3.05, 3.63) is 59.4 Å². The van der Waals surface area contributed by atoms with E-state index in [0.29, 0.717) is 6.61 Å². The second-order valence-corrected chi connectivity index (χ2v) is 5.56. The number of benzene rings is 2. The molecule has 3 rings (SSSR count). The smallest absolute Gasteiger partial charge is 0.124 e. The van der Waals surface area contributed by atoms with Crippen LogP contribution in [-0.2, 0) is 6.61 Å². The number of ether oxygens (including phenoxy) is 1. The number of anilines is 1. The minimum atomic E-state index is -0.229. The SMILES string of the molecule is Cc1c(OCc2cccc(F)c2)cccc1N1CCNCC1. The predicted molar refractivity (Wildman–Crippen MR) is 87.0 cm³/mol. The molecule has 1 saturated heterocycles. The first-order valence-corrected chi connectivity index (χ1v) is 7.66. The summed E-state index contributed by atoms with van der Waals surface area (Å²) in [6, 6.07) is 12.7. The van der Waals surface area contributed by atoms with Gasteiger partial charge in [-0.15, -0.1) is 0 Å². The second kappa shape index (κ2) is 6.79. The second-order valence-electron chi connectivity index (χ2n) is 5.56. The highest BCUT2D eigenvalue weighted by Crippen LogP contribution is 2.29. The van der Waals surface area contributed by atoms with E-state index in [1.165, 1.54) is 17.8 Å². The molecule has 2 aromatic rings. The third-order valence-electron chi connectivity index (χ3n) is 4.00. The minimum Gasteiger partial charge on any atom is -0.489 e. The fourth-order valence-electron chi connectivity index (χ4n) is 2.80. The van der Waals surface area contributed by atoms with E-state index in [1.54, 1.807) is 6.07 Å². The molecule has 1 aliphatic heterocycles. The van der Waals surface area contributed by atoms with Crippen LogP contribution < -0.4 is 15.0 Å². The molecule has 1 fully saturated rings. The van der Waals surface area contributed by atoms with Gasteiger partial charge < -0.3 is 15.0 Å². The van der Waals surface area contributed by atoms with E-state index in [2.05, 4.69) is 23.2 Å². The Morgan fingerprint density at radius 3 is 2.68 bits per heavy atom. The fourth-order valence-corrected chi connectivity index (χ4v) is 2.80. The standard InChI is InChI=1S/C18H21FN2O/c1-14-17(21-10-8-20-9-11-21)6-3-7-18(14)22-13-15-4-2-5-16(19)12-15/h2-7,12,20H,8-11,13H2,1H3. The molecule has 0 amide bonds. The molecule has 116 valence electrons. The van der Waals surface area contributed by atoms with E-state index in [0.717, 1.165) is 43.1 Å². The van der Waals surface area contributed by atoms with E-state index in [-0.39, 0.29) is 5.82 Å². The van der Waals surface area contributed by atoms with Crippen molar-refractivity contribution in [2.75, 3.05) is 31.1 Å². The Labute approximate surface area is 130 Å². The fraction of sp³-hybridized carbons (Fsp3) is 0.333. The van der Waals surface area contributed by atoms with Crippen molar-refractivity contribution < 1.29 is 9.13 Å². The minimum absolute atomic E-state index is 0.229. The van der Waals surface area contributed by atoms with E-state index >= 15 is 0 Å². The summed E-state index contributed by atoms with van der Waals surface area (Å²) < 4.78 is 19.1. The summed E-state index contributed by atoms with van der Waals surface area (Å²) >= 11 is 0. The summed E-state index contributed by atoms with van der Waals surface area (Å²) in [5.41, 5.74) is 3.20. The Morgan fingerprint density at radius 2 is 1.91 bits per heavy atom. The van der Waals surface area contributed by atoms with Crippen LogP contribution in [0, 0.1) is 12.7 Å². The first-order chi connectivity index (χ1) is 10.7. The quantitative estimate of drug-likeness (QED) is 0.939.